The van der Waals surface area contributed by atoms with E-state index in [9.17, 15) is 4.79 Å². The first-order chi connectivity index (χ1) is 12.8. The summed E-state index contributed by atoms with van der Waals surface area (Å²) in [4.78, 5) is 17.6. The van der Waals surface area contributed by atoms with Crippen LogP contribution in [0.3, 0.4) is 0 Å². The average molecular weight is 370 g/mol. The van der Waals surface area contributed by atoms with Gasteiger partial charge in [-0.1, -0.05) is 20.8 Å². The second-order valence-corrected chi connectivity index (χ2v) is 7.42. The van der Waals surface area contributed by atoms with Crippen LogP contribution in [0.5, 0.6) is 11.5 Å². The minimum Gasteiger partial charge on any atom is -0.497 e. The molecule has 7 heteroatoms. The van der Waals surface area contributed by atoms with Crippen LogP contribution >= 0.6 is 0 Å². The Labute approximate surface area is 159 Å². The summed E-state index contributed by atoms with van der Waals surface area (Å²) in [7, 11) is 3.22. The van der Waals surface area contributed by atoms with Gasteiger partial charge in [0.25, 0.3) is 5.91 Å². The molecule has 0 fully saturated rings. The molecular formula is C20H26N4O3. The average Bonchev–Trinajstić information content (AvgIpc) is 2.94. The van der Waals surface area contributed by atoms with Gasteiger partial charge in [-0.15, -0.1) is 0 Å². The zero-order valence-corrected chi connectivity index (χ0v) is 16.7. The van der Waals surface area contributed by atoms with E-state index in [1.807, 2.05) is 25.1 Å². The Morgan fingerprint density at radius 3 is 2.56 bits per heavy atom. The highest BCUT2D eigenvalue weighted by Crippen LogP contribution is 2.36. The predicted octanol–water partition coefficient (Wildman–Crippen LogP) is 3.08. The lowest BCUT2D eigenvalue weighted by atomic mass is 9.91. The standard InChI is InChI=1S/C20H26N4O3/c1-7-24-17-16(18(23-24)20(2,3)4)22-14(11-21-19(17)25)13-9-8-12(26-5)10-15(13)27-6/h8-10H,7,11H2,1-6H3,(H,21,25). The van der Waals surface area contributed by atoms with Crippen molar-refractivity contribution in [1.29, 1.82) is 0 Å². The molecule has 0 aliphatic carbocycles. The molecule has 0 bridgehead atoms. The van der Waals surface area contributed by atoms with Gasteiger partial charge in [-0.2, -0.15) is 5.10 Å². The first kappa shape index (κ1) is 18.9. The number of hydrogen-bond acceptors (Lipinski definition) is 5. The second kappa shape index (κ2) is 7.06. The third kappa shape index (κ3) is 3.41. The molecule has 0 spiro atoms. The van der Waals surface area contributed by atoms with E-state index >= 15 is 0 Å². The Morgan fingerprint density at radius 2 is 1.96 bits per heavy atom. The number of nitrogens with one attached hydrogen (secondary N) is 1. The fourth-order valence-corrected chi connectivity index (χ4v) is 3.13. The molecule has 1 aromatic heterocycles. The molecule has 2 heterocycles. The van der Waals surface area contributed by atoms with Crippen LogP contribution < -0.4 is 14.8 Å². The quantitative estimate of drug-likeness (QED) is 0.897. The number of aliphatic imine (C=N–C) groups is 1. The van der Waals surface area contributed by atoms with Gasteiger partial charge in [-0.25, -0.2) is 4.99 Å². The van der Waals surface area contributed by atoms with E-state index in [2.05, 4.69) is 31.2 Å². The molecule has 0 saturated heterocycles. The molecule has 7 nitrogen and oxygen atoms in total. The van der Waals surface area contributed by atoms with Crippen LogP contribution in [0.4, 0.5) is 5.69 Å². The summed E-state index contributed by atoms with van der Waals surface area (Å²) in [5.74, 6) is 1.18. The number of aromatic nitrogens is 2. The lowest BCUT2D eigenvalue weighted by Crippen LogP contribution is -2.30. The van der Waals surface area contributed by atoms with Crippen LogP contribution in [-0.2, 0) is 12.0 Å². The van der Waals surface area contributed by atoms with Gasteiger partial charge in [0, 0.05) is 23.6 Å². The molecule has 2 aromatic rings. The highest BCUT2D eigenvalue weighted by Gasteiger charge is 2.32. The first-order valence-electron chi connectivity index (χ1n) is 8.99. The Balaban J connectivity index is 2.22. The summed E-state index contributed by atoms with van der Waals surface area (Å²) in [6.07, 6.45) is 0. The molecule has 3 rings (SSSR count). The Morgan fingerprint density at radius 1 is 1.22 bits per heavy atom. The number of amides is 1. The van der Waals surface area contributed by atoms with Crippen LogP contribution in [0.25, 0.3) is 0 Å². The second-order valence-electron chi connectivity index (χ2n) is 7.42. The number of methoxy groups -OCH3 is 2. The van der Waals surface area contributed by atoms with Gasteiger partial charge >= 0.3 is 0 Å². The molecular weight excluding hydrogens is 344 g/mol. The molecule has 1 aliphatic heterocycles. The Kier molecular flexibility index (Phi) is 4.95. The van der Waals surface area contributed by atoms with Gasteiger partial charge in [-0.3, -0.25) is 9.48 Å². The normalized spacial score (nSPS) is 14.1. The van der Waals surface area contributed by atoms with E-state index < -0.39 is 0 Å². The lowest BCUT2D eigenvalue weighted by Gasteiger charge is -2.16. The van der Waals surface area contributed by atoms with Crippen molar-refractivity contribution in [1.82, 2.24) is 15.1 Å². The van der Waals surface area contributed by atoms with E-state index in [4.69, 9.17) is 14.5 Å². The third-order valence-corrected chi connectivity index (χ3v) is 4.54. The minimum absolute atomic E-state index is 0.166. The number of carbonyl (C=O) groups is 1. The van der Waals surface area contributed by atoms with E-state index in [0.29, 0.717) is 36.0 Å². The maximum Gasteiger partial charge on any atom is 0.272 e. The topological polar surface area (TPSA) is 77.7 Å². The SMILES string of the molecule is CCn1nc(C(C)(C)C)c2c1C(=O)NCC(c1ccc(OC)cc1OC)=N2. The van der Waals surface area contributed by atoms with Crippen molar-refractivity contribution in [2.45, 2.75) is 39.7 Å². The number of ether oxygens (including phenoxy) is 2. The fourth-order valence-electron chi connectivity index (χ4n) is 3.13. The Bertz CT molecular complexity index is 907. The maximum absolute atomic E-state index is 12.8. The predicted molar refractivity (Wildman–Crippen MR) is 105 cm³/mol. The van der Waals surface area contributed by atoms with E-state index in [0.717, 1.165) is 17.0 Å². The van der Waals surface area contributed by atoms with Gasteiger partial charge in [-0.05, 0) is 19.1 Å². The number of aryl methyl sites for hydroxylation is 1. The van der Waals surface area contributed by atoms with Gasteiger partial charge < -0.3 is 14.8 Å². The Hall–Kier alpha value is -2.83. The molecule has 0 saturated carbocycles. The van der Waals surface area contributed by atoms with Gasteiger partial charge in [0.05, 0.1) is 32.2 Å². The number of rotatable bonds is 4. The van der Waals surface area contributed by atoms with Crippen LogP contribution in [0.1, 0.15) is 49.4 Å². The molecule has 27 heavy (non-hydrogen) atoms. The van der Waals surface area contributed by atoms with Gasteiger partial charge in [0.2, 0.25) is 0 Å². The molecule has 1 aliphatic rings. The third-order valence-electron chi connectivity index (χ3n) is 4.54. The highest BCUT2D eigenvalue weighted by molar-refractivity contribution is 6.11. The summed E-state index contributed by atoms with van der Waals surface area (Å²) < 4.78 is 12.5. The van der Waals surface area contributed by atoms with Crippen molar-refractivity contribution in [3.8, 4) is 11.5 Å². The zero-order chi connectivity index (χ0) is 19.8. The lowest BCUT2D eigenvalue weighted by molar-refractivity contribution is 0.0950. The molecule has 1 aromatic carbocycles. The van der Waals surface area contributed by atoms with E-state index in [1.165, 1.54) is 0 Å². The van der Waals surface area contributed by atoms with E-state index in [-0.39, 0.29) is 11.3 Å². The minimum atomic E-state index is -0.242. The summed E-state index contributed by atoms with van der Waals surface area (Å²) in [5.41, 5.74) is 3.24. The van der Waals surface area contributed by atoms with Crippen LogP contribution in [0, 0.1) is 0 Å². The highest BCUT2D eigenvalue weighted by atomic mass is 16.5. The van der Waals surface area contributed by atoms with Crippen LogP contribution in [-0.4, -0.2) is 42.2 Å². The summed E-state index contributed by atoms with van der Waals surface area (Å²) in [6.45, 7) is 9.09. The van der Waals surface area contributed by atoms with Crippen LogP contribution in [0.15, 0.2) is 23.2 Å². The smallest absolute Gasteiger partial charge is 0.272 e. The summed E-state index contributed by atoms with van der Waals surface area (Å²) in [6, 6.07) is 5.56. The number of carbonyl (C=O) groups excluding carboxylic acids is 1. The number of hydrogen-bond donors (Lipinski definition) is 1. The number of benzene rings is 1. The fraction of sp³-hybridized carbons (Fsp3) is 0.450. The zero-order valence-electron chi connectivity index (χ0n) is 16.7. The summed E-state index contributed by atoms with van der Waals surface area (Å²) in [5, 5.41) is 7.62. The van der Waals surface area contributed by atoms with Crippen molar-refractivity contribution in [2.24, 2.45) is 4.99 Å². The van der Waals surface area contributed by atoms with Gasteiger partial charge in [0.1, 0.15) is 17.2 Å². The molecule has 1 N–H and O–H groups in total. The molecule has 0 atom stereocenters. The molecule has 144 valence electrons. The van der Waals surface area contributed by atoms with Crippen molar-refractivity contribution in [3.05, 3.63) is 35.2 Å². The maximum atomic E-state index is 12.8. The van der Waals surface area contributed by atoms with E-state index in [1.54, 1.807) is 18.9 Å². The molecule has 0 radical (unpaired) electrons. The largest absolute Gasteiger partial charge is 0.497 e. The molecule has 0 unspecified atom stereocenters. The van der Waals surface area contributed by atoms with Crippen molar-refractivity contribution < 1.29 is 14.3 Å². The monoisotopic (exact) mass is 370 g/mol. The number of fused-ring (bicyclic) bond motifs is 1. The molecule has 1 amide bonds. The first-order valence-corrected chi connectivity index (χ1v) is 8.99. The van der Waals surface area contributed by atoms with Gasteiger partial charge in [0.15, 0.2) is 5.69 Å². The van der Waals surface area contributed by atoms with Crippen molar-refractivity contribution >= 4 is 17.3 Å². The van der Waals surface area contributed by atoms with Crippen molar-refractivity contribution in [2.75, 3.05) is 20.8 Å². The number of nitrogens with zero attached hydrogens (tertiary/aromatic N) is 3. The van der Waals surface area contributed by atoms with Crippen molar-refractivity contribution in [3.63, 3.8) is 0 Å². The van der Waals surface area contributed by atoms with Crippen LogP contribution in [0.2, 0.25) is 0 Å². The summed E-state index contributed by atoms with van der Waals surface area (Å²) >= 11 is 0.